The summed E-state index contributed by atoms with van der Waals surface area (Å²) in [5, 5.41) is 7.43. The lowest BCUT2D eigenvalue weighted by Gasteiger charge is -2.29. The van der Waals surface area contributed by atoms with Crippen molar-refractivity contribution < 1.29 is 9.13 Å². The second-order valence-electron chi connectivity index (χ2n) is 6.03. The van der Waals surface area contributed by atoms with Crippen LogP contribution < -0.4 is 15.5 Å². The zero-order valence-corrected chi connectivity index (χ0v) is 18.6. The van der Waals surface area contributed by atoms with E-state index in [0.717, 1.165) is 23.7 Å². The SMILES string of the molecule is CN=C(NCc1ccc(N2CCOCC2)c(F)c1)NCc1ncc(C)s1.I. The number of halogens is 2. The lowest BCUT2D eigenvalue weighted by Crippen LogP contribution is -2.37. The van der Waals surface area contributed by atoms with Gasteiger partial charge in [-0.2, -0.15) is 0 Å². The van der Waals surface area contributed by atoms with E-state index in [9.17, 15) is 4.39 Å². The van der Waals surface area contributed by atoms with Crippen molar-refractivity contribution in [3.8, 4) is 0 Å². The minimum Gasteiger partial charge on any atom is -0.378 e. The van der Waals surface area contributed by atoms with E-state index >= 15 is 0 Å². The van der Waals surface area contributed by atoms with Crippen LogP contribution in [0.3, 0.4) is 0 Å². The molecule has 0 aliphatic carbocycles. The van der Waals surface area contributed by atoms with Crippen LogP contribution in [0.2, 0.25) is 0 Å². The molecule has 6 nitrogen and oxygen atoms in total. The highest BCUT2D eigenvalue weighted by molar-refractivity contribution is 14.0. The summed E-state index contributed by atoms with van der Waals surface area (Å²) in [7, 11) is 1.71. The lowest BCUT2D eigenvalue weighted by molar-refractivity contribution is 0.122. The number of ether oxygens (including phenoxy) is 1. The van der Waals surface area contributed by atoms with Crippen LogP contribution in [0.25, 0.3) is 0 Å². The Hall–Kier alpha value is -1.46. The number of anilines is 1. The van der Waals surface area contributed by atoms with E-state index in [1.54, 1.807) is 24.5 Å². The van der Waals surface area contributed by atoms with E-state index in [0.29, 0.717) is 38.0 Å². The quantitative estimate of drug-likeness (QED) is 0.372. The molecule has 0 spiro atoms. The lowest BCUT2D eigenvalue weighted by atomic mass is 10.1. The fourth-order valence-corrected chi connectivity index (χ4v) is 3.50. The van der Waals surface area contributed by atoms with E-state index in [1.807, 2.05) is 30.2 Å². The average molecular weight is 505 g/mol. The topological polar surface area (TPSA) is 61.8 Å². The number of aromatic nitrogens is 1. The van der Waals surface area contributed by atoms with Crippen molar-refractivity contribution in [1.29, 1.82) is 0 Å². The van der Waals surface area contributed by atoms with Gasteiger partial charge in [-0.1, -0.05) is 6.07 Å². The van der Waals surface area contributed by atoms with Crippen LogP contribution >= 0.6 is 35.3 Å². The molecule has 1 aliphatic rings. The fraction of sp³-hybridized carbons (Fsp3) is 0.444. The van der Waals surface area contributed by atoms with Gasteiger partial charge < -0.3 is 20.3 Å². The molecular weight excluding hydrogens is 480 g/mol. The minimum absolute atomic E-state index is 0. The Morgan fingerprint density at radius 1 is 1.30 bits per heavy atom. The van der Waals surface area contributed by atoms with Crippen LogP contribution in [0, 0.1) is 12.7 Å². The Bertz CT molecular complexity index is 764. The number of morpholine rings is 1. The molecule has 2 aromatic rings. The Balaban J connectivity index is 0.00000261. The second-order valence-corrected chi connectivity index (χ2v) is 7.35. The molecule has 1 aliphatic heterocycles. The number of thiazole rings is 1. The molecule has 148 valence electrons. The highest BCUT2D eigenvalue weighted by atomic mass is 127. The van der Waals surface area contributed by atoms with Gasteiger partial charge in [-0.3, -0.25) is 4.99 Å². The first-order valence-electron chi connectivity index (χ1n) is 8.62. The molecular formula is C18H25FIN5OS. The van der Waals surface area contributed by atoms with Gasteiger partial charge in [-0.25, -0.2) is 9.37 Å². The first-order valence-corrected chi connectivity index (χ1v) is 9.44. The first kappa shape index (κ1) is 21.8. The average Bonchev–Trinajstić information content (AvgIpc) is 3.08. The predicted octanol–water partition coefficient (Wildman–Crippen LogP) is 2.91. The zero-order chi connectivity index (χ0) is 18.4. The molecule has 0 atom stereocenters. The molecule has 1 fully saturated rings. The van der Waals surface area contributed by atoms with E-state index < -0.39 is 0 Å². The van der Waals surface area contributed by atoms with Crippen LogP contribution in [0.1, 0.15) is 15.4 Å². The van der Waals surface area contributed by atoms with E-state index in [1.165, 1.54) is 4.88 Å². The molecule has 9 heteroatoms. The number of nitrogens with zero attached hydrogens (tertiary/aromatic N) is 3. The monoisotopic (exact) mass is 505 g/mol. The van der Waals surface area contributed by atoms with E-state index in [4.69, 9.17) is 4.74 Å². The number of hydrogen-bond donors (Lipinski definition) is 2. The van der Waals surface area contributed by atoms with Crippen molar-refractivity contribution in [2.75, 3.05) is 38.3 Å². The van der Waals surface area contributed by atoms with Crippen molar-refractivity contribution in [2.45, 2.75) is 20.0 Å². The van der Waals surface area contributed by atoms with Crippen LogP contribution in [0.4, 0.5) is 10.1 Å². The number of rotatable bonds is 5. The molecule has 1 saturated heterocycles. The van der Waals surface area contributed by atoms with Crippen molar-refractivity contribution in [2.24, 2.45) is 4.99 Å². The molecule has 1 aromatic carbocycles. The molecule has 1 aromatic heterocycles. The molecule has 2 heterocycles. The Morgan fingerprint density at radius 3 is 2.67 bits per heavy atom. The Kier molecular flexibility index (Phi) is 8.71. The fourth-order valence-electron chi connectivity index (χ4n) is 2.77. The molecule has 3 rings (SSSR count). The van der Waals surface area contributed by atoms with Gasteiger partial charge in [-0.05, 0) is 24.6 Å². The second kappa shape index (κ2) is 10.8. The number of hydrogen-bond acceptors (Lipinski definition) is 5. The van der Waals surface area contributed by atoms with Crippen LogP contribution in [0.5, 0.6) is 0 Å². The van der Waals surface area contributed by atoms with Crippen LogP contribution in [-0.4, -0.2) is 44.3 Å². The predicted molar refractivity (Wildman–Crippen MR) is 119 cm³/mol. The van der Waals surface area contributed by atoms with Crippen molar-refractivity contribution in [3.63, 3.8) is 0 Å². The molecule has 0 radical (unpaired) electrons. The smallest absolute Gasteiger partial charge is 0.191 e. The molecule has 0 amide bonds. The van der Waals surface area contributed by atoms with E-state index in [2.05, 4.69) is 20.6 Å². The Morgan fingerprint density at radius 2 is 2.04 bits per heavy atom. The number of aryl methyl sites for hydroxylation is 1. The van der Waals surface area contributed by atoms with Gasteiger partial charge in [0.05, 0.1) is 25.4 Å². The third kappa shape index (κ3) is 6.28. The van der Waals surface area contributed by atoms with Crippen LogP contribution in [0.15, 0.2) is 29.4 Å². The van der Waals surface area contributed by atoms with Gasteiger partial charge in [-0.15, -0.1) is 35.3 Å². The maximum atomic E-state index is 14.4. The van der Waals surface area contributed by atoms with Gasteiger partial charge in [0.25, 0.3) is 0 Å². The third-order valence-corrected chi connectivity index (χ3v) is 5.04. The van der Waals surface area contributed by atoms with Crippen LogP contribution in [-0.2, 0) is 17.8 Å². The van der Waals surface area contributed by atoms with Gasteiger partial charge in [0, 0.05) is 37.8 Å². The summed E-state index contributed by atoms with van der Waals surface area (Å²) in [6, 6.07) is 5.36. The van der Waals surface area contributed by atoms with Crippen molar-refractivity contribution >= 4 is 47.0 Å². The van der Waals surface area contributed by atoms with Crippen molar-refractivity contribution in [3.05, 3.63) is 45.7 Å². The maximum Gasteiger partial charge on any atom is 0.191 e. The largest absolute Gasteiger partial charge is 0.378 e. The normalized spacial score (nSPS) is 14.6. The highest BCUT2D eigenvalue weighted by Crippen LogP contribution is 2.21. The first-order chi connectivity index (χ1) is 12.7. The van der Waals surface area contributed by atoms with Crippen molar-refractivity contribution in [1.82, 2.24) is 15.6 Å². The maximum absolute atomic E-state index is 14.4. The zero-order valence-electron chi connectivity index (χ0n) is 15.5. The molecule has 0 bridgehead atoms. The molecule has 27 heavy (non-hydrogen) atoms. The summed E-state index contributed by atoms with van der Waals surface area (Å²) < 4.78 is 19.8. The highest BCUT2D eigenvalue weighted by Gasteiger charge is 2.15. The Labute approximate surface area is 180 Å². The summed E-state index contributed by atoms with van der Waals surface area (Å²) in [5.74, 6) is 0.461. The number of aliphatic imine (C=N–C) groups is 1. The minimum atomic E-state index is -0.201. The molecule has 0 unspecified atom stereocenters. The van der Waals surface area contributed by atoms with Gasteiger partial charge in [0.1, 0.15) is 10.8 Å². The number of nitrogens with one attached hydrogen (secondary N) is 2. The molecule has 2 N–H and O–H groups in total. The standard InChI is InChI=1S/C18H24FN5OS.HI/c1-13-10-21-17(26-13)12-23-18(20-2)22-11-14-3-4-16(15(19)9-14)24-5-7-25-8-6-24;/h3-4,9-10H,5-8,11-12H2,1-2H3,(H2,20,22,23);1H. The summed E-state index contributed by atoms with van der Waals surface area (Å²) in [6.07, 6.45) is 1.86. The molecule has 0 saturated carbocycles. The van der Waals surface area contributed by atoms with Gasteiger partial charge in [0.15, 0.2) is 5.96 Å². The summed E-state index contributed by atoms with van der Waals surface area (Å²) in [4.78, 5) is 11.7. The van der Waals surface area contributed by atoms with Gasteiger partial charge >= 0.3 is 0 Å². The summed E-state index contributed by atoms with van der Waals surface area (Å²) in [6.45, 7) is 5.87. The third-order valence-electron chi connectivity index (χ3n) is 4.12. The summed E-state index contributed by atoms with van der Waals surface area (Å²) in [5.41, 5.74) is 1.51. The summed E-state index contributed by atoms with van der Waals surface area (Å²) >= 11 is 1.65. The van der Waals surface area contributed by atoms with Gasteiger partial charge in [0.2, 0.25) is 0 Å². The number of benzene rings is 1. The number of guanidine groups is 1. The van der Waals surface area contributed by atoms with E-state index in [-0.39, 0.29) is 29.8 Å².